The second kappa shape index (κ2) is 6.52. The molecule has 0 bridgehead atoms. The fourth-order valence-corrected chi connectivity index (χ4v) is 2.28. The number of rotatable bonds is 6. The number of carboxylic acids is 1. The lowest BCUT2D eigenvalue weighted by Gasteiger charge is -2.24. The molecule has 2 rings (SSSR count). The summed E-state index contributed by atoms with van der Waals surface area (Å²) in [5.41, 5.74) is 1.70. The Bertz CT molecular complexity index is 529. The van der Waals surface area contributed by atoms with E-state index in [9.17, 15) is 14.7 Å². The van der Waals surface area contributed by atoms with Crippen molar-refractivity contribution in [2.45, 2.75) is 12.0 Å². The van der Waals surface area contributed by atoms with Gasteiger partial charge in [-0.05, 0) is 11.1 Å². The van der Waals surface area contributed by atoms with Crippen LogP contribution in [0.25, 0.3) is 0 Å². The Kier molecular flexibility index (Phi) is 4.50. The van der Waals surface area contributed by atoms with E-state index in [4.69, 9.17) is 0 Å². The third kappa shape index (κ3) is 3.03. The van der Waals surface area contributed by atoms with Gasteiger partial charge in [0, 0.05) is 5.92 Å². The molecular formula is C16H15NO3. The number of nitrogens with one attached hydrogen (secondary N) is 1. The van der Waals surface area contributed by atoms with E-state index in [0.717, 1.165) is 11.1 Å². The van der Waals surface area contributed by atoms with Crippen LogP contribution in [0.2, 0.25) is 0 Å². The SMILES string of the molecule is O=CNC(C(=O)O)C(c1ccccc1)c1ccccc1. The lowest BCUT2D eigenvalue weighted by atomic mass is 9.85. The Labute approximate surface area is 117 Å². The number of amides is 1. The van der Waals surface area contributed by atoms with Gasteiger partial charge in [-0.2, -0.15) is 0 Å². The second-order valence-corrected chi connectivity index (χ2v) is 4.40. The van der Waals surface area contributed by atoms with Gasteiger partial charge in [0.05, 0.1) is 0 Å². The molecule has 2 aromatic rings. The number of hydrogen-bond donors (Lipinski definition) is 2. The van der Waals surface area contributed by atoms with Gasteiger partial charge in [-0.3, -0.25) is 4.79 Å². The largest absolute Gasteiger partial charge is 0.480 e. The zero-order valence-corrected chi connectivity index (χ0v) is 10.8. The third-order valence-electron chi connectivity index (χ3n) is 3.16. The summed E-state index contributed by atoms with van der Waals surface area (Å²) in [7, 11) is 0. The molecule has 1 unspecified atom stereocenters. The monoisotopic (exact) mass is 269 g/mol. The summed E-state index contributed by atoms with van der Waals surface area (Å²) in [6.45, 7) is 0. The molecule has 0 spiro atoms. The van der Waals surface area contributed by atoms with Crippen LogP contribution < -0.4 is 5.32 Å². The number of carboxylic acid groups (broad SMARTS) is 1. The summed E-state index contributed by atoms with van der Waals surface area (Å²) >= 11 is 0. The molecule has 2 N–H and O–H groups in total. The molecule has 20 heavy (non-hydrogen) atoms. The number of benzene rings is 2. The van der Waals surface area contributed by atoms with E-state index in [1.165, 1.54) is 0 Å². The summed E-state index contributed by atoms with van der Waals surface area (Å²) in [4.78, 5) is 22.2. The fraction of sp³-hybridized carbons (Fsp3) is 0.125. The van der Waals surface area contributed by atoms with Crippen LogP contribution in [0.15, 0.2) is 60.7 Å². The minimum atomic E-state index is -1.06. The number of hydrogen-bond acceptors (Lipinski definition) is 2. The predicted molar refractivity (Wildman–Crippen MR) is 75.4 cm³/mol. The fourth-order valence-electron chi connectivity index (χ4n) is 2.28. The van der Waals surface area contributed by atoms with Gasteiger partial charge in [0.1, 0.15) is 6.04 Å². The second-order valence-electron chi connectivity index (χ2n) is 4.40. The summed E-state index contributed by atoms with van der Waals surface area (Å²) < 4.78 is 0. The summed E-state index contributed by atoms with van der Waals surface area (Å²) in [5, 5.41) is 11.8. The average Bonchev–Trinajstić information content (AvgIpc) is 2.49. The Morgan fingerprint density at radius 1 is 0.950 bits per heavy atom. The van der Waals surface area contributed by atoms with Gasteiger partial charge in [0.15, 0.2) is 0 Å². The number of aliphatic carboxylic acids is 1. The first-order valence-corrected chi connectivity index (χ1v) is 6.26. The molecule has 0 saturated heterocycles. The molecular weight excluding hydrogens is 254 g/mol. The van der Waals surface area contributed by atoms with Crippen molar-refractivity contribution in [1.29, 1.82) is 0 Å². The quantitative estimate of drug-likeness (QED) is 0.788. The first-order chi connectivity index (χ1) is 9.74. The van der Waals surface area contributed by atoms with Crippen LogP contribution in [0.3, 0.4) is 0 Å². The van der Waals surface area contributed by atoms with E-state index in [-0.39, 0.29) is 0 Å². The zero-order chi connectivity index (χ0) is 14.4. The molecule has 0 aliphatic carbocycles. The standard InChI is InChI=1S/C16H15NO3/c18-11-17-15(16(19)20)14(12-7-3-1-4-8-12)13-9-5-2-6-10-13/h1-11,14-15H,(H,17,18)(H,19,20). The first-order valence-electron chi connectivity index (χ1n) is 6.26. The molecule has 0 heterocycles. The van der Waals surface area contributed by atoms with Crippen molar-refractivity contribution in [3.05, 3.63) is 71.8 Å². The maximum atomic E-state index is 11.5. The van der Waals surface area contributed by atoms with Gasteiger partial charge in [-0.25, -0.2) is 4.79 Å². The van der Waals surface area contributed by atoms with Crippen molar-refractivity contribution in [2.24, 2.45) is 0 Å². The summed E-state index contributed by atoms with van der Waals surface area (Å²) in [5.74, 6) is -1.49. The van der Waals surface area contributed by atoms with Gasteiger partial charge in [0.2, 0.25) is 6.41 Å². The highest BCUT2D eigenvalue weighted by Crippen LogP contribution is 2.28. The smallest absolute Gasteiger partial charge is 0.327 e. The van der Waals surface area contributed by atoms with Crippen LogP contribution in [-0.4, -0.2) is 23.5 Å². The summed E-state index contributed by atoms with van der Waals surface area (Å²) in [6, 6.07) is 17.6. The van der Waals surface area contributed by atoms with Crippen LogP contribution >= 0.6 is 0 Å². The van der Waals surface area contributed by atoms with Crippen LogP contribution in [0.4, 0.5) is 0 Å². The molecule has 0 fully saturated rings. The minimum Gasteiger partial charge on any atom is -0.480 e. The highest BCUT2D eigenvalue weighted by Gasteiger charge is 2.30. The van der Waals surface area contributed by atoms with Crippen LogP contribution in [-0.2, 0) is 9.59 Å². The van der Waals surface area contributed by atoms with Crippen molar-refractivity contribution in [2.75, 3.05) is 0 Å². The third-order valence-corrected chi connectivity index (χ3v) is 3.16. The van der Waals surface area contributed by atoms with E-state index in [1.54, 1.807) is 0 Å². The molecule has 0 aromatic heterocycles. The van der Waals surface area contributed by atoms with Crippen molar-refractivity contribution in [3.8, 4) is 0 Å². The molecule has 4 heteroatoms. The molecule has 102 valence electrons. The highest BCUT2D eigenvalue weighted by molar-refractivity contribution is 5.78. The first kappa shape index (κ1) is 13.8. The van der Waals surface area contributed by atoms with Gasteiger partial charge in [-0.15, -0.1) is 0 Å². The maximum absolute atomic E-state index is 11.5. The van der Waals surface area contributed by atoms with E-state index >= 15 is 0 Å². The van der Waals surface area contributed by atoms with Crippen molar-refractivity contribution in [1.82, 2.24) is 5.32 Å². The van der Waals surface area contributed by atoms with E-state index in [0.29, 0.717) is 6.41 Å². The molecule has 4 nitrogen and oxygen atoms in total. The Balaban J connectivity index is 2.49. The Morgan fingerprint density at radius 2 is 1.40 bits per heavy atom. The maximum Gasteiger partial charge on any atom is 0.327 e. The lowest BCUT2D eigenvalue weighted by Crippen LogP contribution is -2.41. The number of carbonyl (C=O) groups is 2. The molecule has 1 atom stereocenters. The molecule has 0 aliphatic heterocycles. The Hall–Kier alpha value is -2.62. The van der Waals surface area contributed by atoms with Gasteiger partial charge >= 0.3 is 5.97 Å². The van der Waals surface area contributed by atoms with Gasteiger partial charge in [0.25, 0.3) is 0 Å². The molecule has 0 aliphatic rings. The molecule has 0 saturated carbocycles. The van der Waals surface area contributed by atoms with Gasteiger partial charge in [-0.1, -0.05) is 60.7 Å². The molecule has 1 amide bonds. The van der Waals surface area contributed by atoms with E-state index in [1.807, 2.05) is 60.7 Å². The van der Waals surface area contributed by atoms with E-state index in [2.05, 4.69) is 5.32 Å². The summed E-state index contributed by atoms with van der Waals surface area (Å²) in [6.07, 6.45) is 0.428. The zero-order valence-electron chi connectivity index (χ0n) is 10.8. The van der Waals surface area contributed by atoms with E-state index < -0.39 is 17.9 Å². The minimum absolute atomic E-state index is 0.428. The van der Waals surface area contributed by atoms with Crippen LogP contribution in [0.5, 0.6) is 0 Å². The lowest BCUT2D eigenvalue weighted by molar-refractivity contribution is -0.140. The van der Waals surface area contributed by atoms with Crippen molar-refractivity contribution < 1.29 is 14.7 Å². The van der Waals surface area contributed by atoms with Crippen molar-refractivity contribution >= 4 is 12.4 Å². The predicted octanol–water partition coefficient (Wildman–Crippen LogP) is 2.02. The van der Waals surface area contributed by atoms with Crippen LogP contribution in [0.1, 0.15) is 17.0 Å². The Morgan fingerprint density at radius 3 is 1.75 bits per heavy atom. The average molecular weight is 269 g/mol. The van der Waals surface area contributed by atoms with Crippen LogP contribution in [0, 0.1) is 0 Å². The normalized spacial score (nSPS) is 11.8. The molecule has 2 aromatic carbocycles. The topological polar surface area (TPSA) is 66.4 Å². The van der Waals surface area contributed by atoms with Crippen molar-refractivity contribution in [3.63, 3.8) is 0 Å². The molecule has 0 radical (unpaired) electrons. The van der Waals surface area contributed by atoms with Gasteiger partial charge < -0.3 is 10.4 Å². The number of carbonyl (C=O) groups excluding carboxylic acids is 1. The highest BCUT2D eigenvalue weighted by atomic mass is 16.4.